The van der Waals surface area contributed by atoms with Gasteiger partial charge in [-0.3, -0.25) is 9.69 Å². The van der Waals surface area contributed by atoms with Crippen LogP contribution in [0.4, 0.5) is 0 Å². The van der Waals surface area contributed by atoms with Gasteiger partial charge >= 0.3 is 5.97 Å². The van der Waals surface area contributed by atoms with E-state index in [9.17, 15) is 9.59 Å². The summed E-state index contributed by atoms with van der Waals surface area (Å²) in [5.41, 5.74) is 1.43. The minimum absolute atomic E-state index is 0.0941. The summed E-state index contributed by atoms with van der Waals surface area (Å²) in [4.78, 5) is 32.5. The van der Waals surface area contributed by atoms with Gasteiger partial charge in [-0.2, -0.15) is 0 Å². The molecule has 0 spiro atoms. The van der Waals surface area contributed by atoms with Gasteiger partial charge in [0.1, 0.15) is 0 Å². The number of carboxylic acid groups (broad SMARTS) is 1. The van der Waals surface area contributed by atoms with E-state index in [0.29, 0.717) is 19.0 Å². The molecule has 1 saturated carbocycles. The third-order valence-corrected chi connectivity index (χ3v) is 8.48. The van der Waals surface area contributed by atoms with E-state index in [2.05, 4.69) is 45.1 Å². The van der Waals surface area contributed by atoms with Crippen molar-refractivity contribution in [1.82, 2.24) is 14.8 Å². The van der Waals surface area contributed by atoms with Crippen LogP contribution in [0.1, 0.15) is 61.0 Å². The Morgan fingerprint density at radius 1 is 1.19 bits per heavy atom. The largest absolute Gasteiger partial charge is 0.476 e. The zero-order valence-electron chi connectivity index (χ0n) is 18.3. The Balaban J connectivity index is 1.37. The second kappa shape index (κ2) is 11.3. The van der Waals surface area contributed by atoms with Gasteiger partial charge in [-0.05, 0) is 24.8 Å². The minimum atomic E-state index is -0.996. The summed E-state index contributed by atoms with van der Waals surface area (Å²) in [5.74, 6) is -0.0231. The second-order valence-electron chi connectivity index (χ2n) is 8.64. The van der Waals surface area contributed by atoms with Gasteiger partial charge in [-0.15, -0.1) is 11.3 Å². The Hall–Kier alpha value is -1.90. The number of hydrogen-bond donors (Lipinski definition) is 1. The molecule has 1 unspecified atom stereocenters. The van der Waals surface area contributed by atoms with Crippen LogP contribution in [0.3, 0.4) is 0 Å². The fourth-order valence-corrected chi connectivity index (χ4v) is 6.63. The molecule has 2 aromatic rings. The zero-order chi connectivity index (χ0) is 22.3. The van der Waals surface area contributed by atoms with Gasteiger partial charge in [0.2, 0.25) is 5.91 Å². The number of thiazole rings is 1. The van der Waals surface area contributed by atoms with Crippen LogP contribution in [-0.2, 0) is 11.3 Å². The highest BCUT2D eigenvalue weighted by atomic mass is 32.2. The van der Waals surface area contributed by atoms with E-state index in [1.54, 1.807) is 5.38 Å². The highest BCUT2D eigenvalue weighted by Gasteiger charge is 2.33. The fourth-order valence-electron chi connectivity index (χ4n) is 4.82. The Labute approximate surface area is 198 Å². The lowest BCUT2D eigenvalue weighted by Crippen LogP contribution is -2.46. The van der Waals surface area contributed by atoms with Crippen molar-refractivity contribution in [3.63, 3.8) is 0 Å². The van der Waals surface area contributed by atoms with Gasteiger partial charge in [0.15, 0.2) is 10.0 Å². The molecule has 2 aliphatic rings. The number of nitrogens with zero attached hydrogens (tertiary/aromatic N) is 3. The van der Waals surface area contributed by atoms with Gasteiger partial charge in [-0.25, -0.2) is 9.78 Å². The Bertz CT molecular complexity index is 899. The van der Waals surface area contributed by atoms with E-state index in [4.69, 9.17) is 5.11 Å². The molecular formula is C24H31N3O3S2. The van der Waals surface area contributed by atoms with Crippen molar-refractivity contribution in [2.45, 2.75) is 67.9 Å². The Morgan fingerprint density at radius 2 is 1.97 bits per heavy atom. The topological polar surface area (TPSA) is 73.7 Å². The van der Waals surface area contributed by atoms with Crippen molar-refractivity contribution in [2.75, 3.05) is 18.8 Å². The average Bonchev–Trinajstić information content (AvgIpc) is 3.42. The molecule has 6 nitrogen and oxygen atoms in total. The van der Waals surface area contributed by atoms with Crippen LogP contribution in [0, 0.1) is 0 Å². The number of hydrogen-bond acceptors (Lipinski definition) is 6. The molecule has 32 heavy (non-hydrogen) atoms. The van der Waals surface area contributed by atoms with Crippen LogP contribution >= 0.6 is 23.1 Å². The third kappa shape index (κ3) is 6.11. The molecule has 1 N–H and O–H groups in total. The second-order valence-corrected chi connectivity index (χ2v) is 10.8. The first kappa shape index (κ1) is 23.3. The van der Waals surface area contributed by atoms with Crippen molar-refractivity contribution in [3.8, 4) is 0 Å². The first-order chi connectivity index (χ1) is 15.6. The molecule has 1 aliphatic carbocycles. The molecule has 1 saturated heterocycles. The van der Waals surface area contributed by atoms with Gasteiger partial charge in [-0.1, -0.05) is 61.4 Å². The molecular weight excluding hydrogens is 442 g/mol. The normalized spacial score (nSPS) is 19.7. The Kier molecular flexibility index (Phi) is 8.21. The molecule has 1 aromatic heterocycles. The molecule has 172 valence electrons. The highest BCUT2D eigenvalue weighted by Crippen LogP contribution is 2.29. The summed E-state index contributed by atoms with van der Waals surface area (Å²) in [6.45, 7) is 2.55. The van der Waals surface area contributed by atoms with E-state index in [1.807, 2.05) is 0 Å². The lowest BCUT2D eigenvalue weighted by molar-refractivity contribution is -0.129. The van der Waals surface area contributed by atoms with E-state index in [-0.39, 0.29) is 17.6 Å². The number of carboxylic acids is 1. The number of rotatable bonds is 10. The molecule has 0 radical (unpaired) electrons. The molecule has 1 amide bonds. The van der Waals surface area contributed by atoms with E-state index in [0.717, 1.165) is 29.6 Å². The van der Waals surface area contributed by atoms with Crippen LogP contribution in [-0.4, -0.2) is 62.7 Å². The lowest BCUT2D eigenvalue weighted by atomic mass is 9.93. The van der Waals surface area contributed by atoms with Crippen molar-refractivity contribution in [3.05, 3.63) is 47.0 Å². The summed E-state index contributed by atoms with van der Waals surface area (Å²) in [7, 11) is 0. The average molecular weight is 474 g/mol. The third-order valence-electron chi connectivity index (χ3n) is 6.48. The monoisotopic (exact) mass is 473 g/mol. The van der Waals surface area contributed by atoms with E-state index >= 15 is 0 Å². The molecule has 8 heteroatoms. The number of carbonyl (C=O) groups is 2. The molecule has 4 rings (SSSR count). The van der Waals surface area contributed by atoms with Gasteiger partial charge in [0.25, 0.3) is 0 Å². The van der Waals surface area contributed by atoms with Crippen LogP contribution in [0.2, 0.25) is 0 Å². The summed E-state index contributed by atoms with van der Waals surface area (Å²) in [6, 6.07) is 11.5. The summed E-state index contributed by atoms with van der Waals surface area (Å²) in [6.07, 6.45) is 7.97. The van der Waals surface area contributed by atoms with Crippen LogP contribution < -0.4 is 0 Å². The molecule has 1 aliphatic heterocycles. The zero-order valence-corrected chi connectivity index (χ0v) is 20.0. The lowest BCUT2D eigenvalue weighted by Gasteiger charge is -2.38. The summed E-state index contributed by atoms with van der Waals surface area (Å²) in [5, 5.41) is 10.6. The van der Waals surface area contributed by atoms with E-state index < -0.39 is 5.97 Å². The summed E-state index contributed by atoms with van der Waals surface area (Å²) >= 11 is 2.89. The number of amides is 1. The number of aromatic nitrogens is 1. The van der Waals surface area contributed by atoms with Crippen LogP contribution in [0.15, 0.2) is 40.1 Å². The van der Waals surface area contributed by atoms with Gasteiger partial charge in [0.05, 0.1) is 0 Å². The van der Waals surface area contributed by atoms with Crippen LogP contribution in [0.25, 0.3) is 0 Å². The van der Waals surface area contributed by atoms with Crippen molar-refractivity contribution < 1.29 is 14.7 Å². The molecule has 2 fully saturated rings. The maximum atomic E-state index is 12.6. The van der Waals surface area contributed by atoms with Crippen LogP contribution in [0.5, 0.6) is 0 Å². The number of aromatic carboxylic acids is 1. The molecule has 2 heterocycles. The smallest absolute Gasteiger partial charge is 0.355 e. The standard InChI is InChI=1S/C24H31N3O3S2/c28-22-12-11-20(27(22)13-14-31-24-25-21(17-32-24)23(29)30)16-26(19-9-5-2-6-10-19)15-18-7-3-1-4-8-18/h1,3-4,7-8,17,19-20H,2,5-6,9-16H2,(H,29,30). The molecule has 1 atom stereocenters. The first-order valence-electron chi connectivity index (χ1n) is 11.5. The van der Waals surface area contributed by atoms with Crippen molar-refractivity contribution in [2.24, 2.45) is 0 Å². The maximum absolute atomic E-state index is 12.6. The van der Waals surface area contributed by atoms with Gasteiger partial charge in [0, 0.05) is 49.3 Å². The quantitative estimate of drug-likeness (QED) is 0.502. The molecule has 1 aromatic carbocycles. The SMILES string of the molecule is O=C(O)c1csc(SCCN2C(=O)CCC2CN(Cc2ccccc2)C2CCCCC2)n1. The first-order valence-corrected chi connectivity index (χ1v) is 13.4. The Morgan fingerprint density at radius 3 is 2.69 bits per heavy atom. The van der Waals surface area contributed by atoms with Gasteiger partial charge < -0.3 is 10.0 Å². The fraction of sp³-hybridized carbons (Fsp3) is 0.542. The predicted molar refractivity (Wildman–Crippen MR) is 128 cm³/mol. The number of benzene rings is 1. The number of carbonyl (C=O) groups excluding carboxylic acids is 1. The number of thioether (sulfide) groups is 1. The minimum Gasteiger partial charge on any atom is -0.476 e. The predicted octanol–water partition coefficient (Wildman–Crippen LogP) is 4.76. The maximum Gasteiger partial charge on any atom is 0.355 e. The summed E-state index contributed by atoms with van der Waals surface area (Å²) < 4.78 is 0.749. The van der Waals surface area contributed by atoms with E-state index in [1.165, 1.54) is 60.8 Å². The van der Waals surface area contributed by atoms with Crippen molar-refractivity contribution >= 4 is 35.0 Å². The highest BCUT2D eigenvalue weighted by molar-refractivity contribution is 8.01. The van der Waals surface area contributed by atoms with Crippen molar-refractivity contribution in [1.29, 1.82) is 0 Å². The molecule has 0 bridgehead atoms. The number of likely N-dealkylation sites (tertiary alicyclic amines) is 1.